The molecule has 2 N–H and O–H groups in total. The maximum absolute atomic E-state index is 5.86. The Morgan fingerprint density at radius 1 is 1.05 bits per heavy atom. The Labute approximate surface area is 125 Å². The maximum atomic E-state index is 5.86. The number of rotatable bonds is 4. The summed E-state index contributed by atoms with van der Waals surface area (Å²) in [5, 5.41) is 0.512. The molecule has 1 aromatic heterocycles. The van der Waals surface area contributed by atoms with E-state index in [0.29, 0.717) is 28.1 Å². The van der Waals surface area contributed by atoms with Crippen LogP contribution < -0.4 is 19.9 Å². The number of nitrogens with zero attached hydrogens (tertiary/aromatic N) is 1. The lowest BCUT2D eigenvalue weighted by atomic mass is 10.3. The van der Waals surface area contributed by atoms with E-state index in [2.05, 4.69) is 4.98 Å². The molecule has 0 spiro atoms. The fourth-order valence-electron chi connectivity index (χ4n) is 1.97. The van der Waals surface area contributed by atoms with Crippen LogP contribution in [-0.2, 0) is 0 Å². The number of fused-ring (bicyclic) bond motifs is 1. The lowest BCUT2D eigenvalue weighted by Crippen LogP contribution is -1.93. The van der Waals surface area contributed by atoms with Gasteiger partial charge in [0.2, 0.25) is 5.75 Å². The SMILES string of the molecule is COc1cccc(OC)c1Oc1nc2ccc(N)cc2s1. The third-order valence-corrected chi connectivity index (χ3v) is 3.86. The Morgan fingerprint density at radius 2 is 1.76 bits per heavy atom. The van der Waals surface area contributed by atoms with E-state index in [1.54, 1.807) is 14.2 Å². The van der Waals surface area contributed by atoms with Gasteiger partial charge in [-0.1, -0.05) is 17.4 Å². The highest BCUT2D eigenvalue weighted by atomic mass is 32.1. The summed E-state index contributed by atoms with van der Waals surface area (Å²) >= 11 is 1.42. The molecule has 3 aromatic rings. The number of hydrogen-bond acceptors (Lipinski definition) is 6. The average molecular weight is 302 g/mol. The van der Waals surface area contributed by atoms with E-state index >= 15 is 0 Å². The second-order valence-electron chi connectivity index (χ2n) is 4.30. The summed E-state index contributed by atoms with van der Waals surface area (Å²) in [6, 6.07) is 11.0. The molecule has 6 heteroatoms. The van der Waals surface area contributed by atoms with Crippen LogP contribution in [0, 0.1) is 0 Å². The average Bonchev–Trinajstić information content (AvgIpc) is 2.88. The van der Waals surface area contributed by atoms with Crippen LogP contribution in [0.4, 0.5) is 5.69 Å². The molecule has 3 rings (SSSR count). The lowest BCUT2D eigenvalue weighted by molar-refractivity contribution is 0.346. The van der Waals surface area contributed by atoms with Crippen molar-refractivity contribution in [1.29, 1.82) is 0 Å². The number of nitrogens with two attached hydrogens (primary N) is 1. The van der Waals surface area contributed by atoms with Crippen molar-refractivity contribution in [3.63, 3.8) is 0 Å². The van der Waals surface area contributed by atoms with Gasteiger partial charge in [-0.3, -0.25) is 0 Å². The monoisotopic (exact) mass is 302 g/mol. The van der Waals surface area contributed by atoms with Crippen LogP contribution in [0.1, 0.15) is 0 Å². The topological polar surface area (TPSA) is 66.6 Å². The van der Waals surface area contributed by atoms with Gasteiger partial charge < -0.3 is 19.9 Å². The number of para-hydroxylation sites is 1. The van der Waals surface area contributed by atoms with Gasteiger partial charge in [-0.05, 0) is 30.3 Å². The third-order valence-electron chi connectivity index (χ3n) is 2.96. The van der Waals surface area contributed by atoms with Crippen molar-refractivity contribution in [2.24, 2.45) is 0 Å². The van der Waals surface area contributed by atoms with Gasteiger partial charge in [-0.2, -0.15) is 0 Å². The lowest BCUT2D eigenvalue weighted by Gasteiger charge is -2.11. The Hall–Kier alpha value is -2.47. The number of anilines is 1. The molecule has 21 heavy (non-hydrogen) atoms. The normalized spacial score (nSPS) is 10.6. The van der Waals surface area contributed by atoms with Gasteiger partial charge in [0.15, 0.2) is 11.5 Å². The molecule has 0 unspecified atom stereocenters. The van der Waals surface area contributed by atoms with Gasteiger partial charge in [0, 0.05) is 5.69 Å². The van der Waals surface area contributed by atoms with Crippen LogP contribution in [0.25, 0.3) is 10.2 Å². The predicted molar refractivity (Wildman–Crippen MR) is 83.7 cm³/mol. The Balaban J connectivity index is 2.02. The molecule has 2 aromatic carbocycles. The van der Waals surface area contributed by atoms with Gasteiger partial charge in [-0.25, -0.2) is 4.98 Å². The summed E-state index contributed by atoms with van der Waals surface area (Å²) in [5.41, 5.74) is 7.32. The molecular formula is C15H14N2O3S. The molecule has 0 aliphatic rings. The molecule has 0 radical (unpaired) electrons. The highest BCUT2D eigenvalue weighted by molar-refractivity contribution is 7.20. The Kier molecular flexibility index (Phi) is 3.53. The minimum absolute atomic E-state index is 0.509. The van der Waals surface area contributed by atoms with Crippen molar-refractivity contribution < 1.29 is 14.2 Å². The summed E-state index contributed by atoms with van der Waals surface area (Å²) in [6.45, 7) is 0. The van der Waals surface area contributed by atoms with E-state index in [1.807, 2.05) is 36.4 Å². The predicted octanol–water partition coefficient (Wildman–Crippen LogP) is 3.69. The molecule has 0 bridgehead atoms. The van der Waals surface area contributed by atoms with Crippen molar-refractivity contribution in [3.8, 4) is 22.4 Å². The van der Waals surface area contributed by atoms with Crippen molar-refractivity contribution in [1.82, 2.24) is 4.98 Å². The largest absolute Gasteiger partial charge is 0.493 e. The minimum Gasteiger partial charge on any atom is -0.493 e. The first-order valence-corrected chi connectivity index (χ1v) is 7.08. The first-order chi connectivity index (χ1) is 10.2. The standard InChI is InChI=1S/C15H14N2O3S/c1-18-11-4-3-5-12(19-2)14(11)20-15-17-10-7-6-9(16)8-13(10)21-15/h3-8H,16H2,1-2H3. The molecular weight excluding hydrogens is 288 g/mol. The first-order valence-electron chi connectivity index (χ1n) is 6.26. The fraction of sp³-hybridized carbons (Fsp3) is 0.133. The van der Waals surface area contributed by atoms with Crippen molar-refractivity contribution in [3.05, 3.63) is 36.4 Å². The number of methoxy groups -OCH3 is 2. The van der Waals surface area contributed by atoms with E-state index in [0.717, 1.165) is 10.2 Å². The molecule has 0 aliphatic heterocycles. The van der Waals surface area contributed by atoms with E-state index in [-0.39, 0.29) is 0 Å². The summed E-state index contributed by atoms with van der Waals surface area (Å²) in [5.74, 6) is 1.69. The van der Waals surface area contributed by atoms with Crippen LogP contribution >= 0.6 is 11.3 Å². The molecule has 0 atom stereocenters. The van der Waals surface area contributed by atoms with Crippen LogP contribution in [-0.4, -0.2) is 19.2 Å². The van der Waals surface area contributed by atoms with Crippen molar-refractivity contribution >= 4 is 27.2 Å². The number of aromatic nitrogens is 1. The second-order valence-corrected chi connectivity index (χ2v) is 5.29. The van der Waals surface area contributed by atoms with E-state index < -0.39 is 0 Å². The Bertz CT molecular complexity index is 763. The zero-order valence-corrected chi connectivity index (χ0v) is 12.4. The summed E-state index contributed by atoms with van der Waals surface area (Å²) in [6.07, 6.45) is 0. The van der Waals surface area contributed by atoms with Gasteiger partial charge >= 0.3 is 0 Å². The molecule has 0 fully saturated rings. The minimum atomic E-state index is 0.509. The van der Waals surface area contributed by atoms with Crippen LogP contribution in [0.3, 0.4) is 0 Å². The third kappa shape index (κ3) is 2.57. The fourth-order valence-corrected chi connectivity index (χ4v) is 2.84. The Morgan fingerprint density at radius 3 is 2.43 bits per heavy atom. The molecule has 0 amide bonds. The molecule has 0 saturated heterocycles. The number of thiazole rings is 1. The summed E-state index contributed by atoms with van der Waals surface area (Å²) < 4.78 is 17.4. The molecule has 0 saturated carbocycles. The highest BCUT2D eigenvalue weighted by Crippen LogP contribution is 2.41. The van der Waals surface area contributed by atoms with Crippen molar-refractivity contribution in [2.75, 3.05) is 20.0 Å². The smallest absolute Gasteiger partial charge is 0.280 e. The quantitative estimate of drug-likeness (QED) is 0.744. The molecule has 108 valence electrons. The zero-order valence-electron chi connectivity index (χ0n) is 11.6. The highest BCUT2D eigenvalue weighted by Gasteiger charge is 2.15. The van der Waals surface area contributed by atoms with E-state index in [9.17, 15) is 0 Å². The zero-order chi connectivity index (χ0) is 14.8. The number of benzene rings is 2. The van der Waals surface area contributed by atoms with Crippen LogP contribution in [0.15, 0.2) is 36.4 Å². The van der Waals surface area contributed by atoms with E-state index in [1.165, 1.54) is 11.3 Å². The summed E-state index contributed by atoms with van der Waals surface area (Å²) in [4.78, 5) is 4.43. The first kappa shape index (κ1) is 13.5. The molecule has 5 nitrogen and oxygen atoms in total. The second kappa shape index (κ2) is 5.49. The van der Waals surface area contributed by atoms with Crippen LogP contribution in [0.2, 0.25) is 0 Å². The molecule has 0 aliphatic carbocycles. The maximum Gasteiger partial charge on any atom is 0.280 e. The van der Waals surface area contributed by atoms with E-state index in [4.69, 9.17) is 19.9 Å². The van der Waals surface area contributed by atoms with Gasteiger partial charge in [0.25, 0.3) is 5.19 Å². The number of nitrogen functional groups attached to an aromatic ring is 1. The number of ether oxygens (including phenoxy) is 3. The number of hydrogen-bond donors (Lipinski definition) is 1. The van der Waals surface area contributed by atoms with Crippen LogP contribution in [0.5, 0.6) is 22.4 Å². The van der Waals surface area contributed by atoms with Gasteiger partial charge in [0.1, 0.15) is 0 Å². The summed E-state index contributed by atoms with van der Waals surface area (Å²) in [7, 11) is 3.17. The van der Waals surface area contributed by atoms with Gasteiger partial charge in [0.05, 0.1) is 24.4 Å². The van der Waals surface area contributed by atoms with Crippen molar-refractivity contribution in [2.45, 2.75) is 0 Å². The van der Waals surface area contributed by atoms with Gasteiger partial charge in [-0.15, -0.1) is 0 Å². The molecule has 1 heterocycles.